The molecule has 31 heavy (non-hydrogen) atoms. The lowest BCUT2D eigenvalue weighted by molar-refractivity contribution is 0.199. The molecule has 0 amide bonds. The minimum atomic E-state index is -1.55. The molecule has 0 saturated heterocycles. The highest BCUT2D eigenvalue weighted by Crippen LogP contribution is 2.37. The van der Waals surface area contributed by atoms with E-state index in [4.69, 9.17) is 21.6 Å². The maximum Gasteiger partial charge on any atom is 0.123 e. The lowest BCUT2D eigenvalue weighted by atomic mass is 9.73. The monoisotopic (exact) mass is 444 g/mol. The standard InChI is InChI=1S/C24H33FN4OS/c1-23(2,15-24(3,4)16-26)14-19(27)13-22(17-5-7-18(25)8-6-17)29-20-9-11-21(12-10-20)31(28)30/h5-13H,14-16,26-28H2,1-4H3/b19-13-,29-22?. The van der Waals surface area contributed by atoms with Crippen LogP contribution in [0.15, 0.2) is 70.2 Å². The Morgan fingerprint density at radius 3 is 2.13 bits per heavy atom. The van der Waals surface area contributed by atoms with E-state index in [0.29, 0.717) is 35.0 Å². The van der Waals surface area contributed by atoms with Crippen LogP contribution < -0.4 is 16.6 Å². The number of benzene rings is 2. The molecule has 0 spiro atoms. The van der Waals surface area contributed by atoms with Crippen molar-refractivity contribution in [2.75, 3.05) is 6.54 Å². The number of hydrogen-bond donors (Lipinski definition) is 3. The summed E-state index contributed by atoms with van der Waals surface area (Å²) in [6.07, 6.45) is 3.42. The van der Waals surface area contributed by atoms with E-state index >= 15 is 0 Å². The number of nitrogens with zero attached hydrogens (tertiary/aromatic N) is 1. The smallest absolute Gasteiger partial charge is 0.123 e. The van der Waals surface area contributed by atoms with Crippen molar-refractivity contribution in [3.63, 3.8) is 0 Å². The zero-order chi connectivity index (χ0) is 23.2. The molecule has 7 heteroatoms. The van der Waals surface area contributed by atoms with E-state index in [0.717, 1.165) is 12.0 Å². The van der Waals surface area contributed by atoms with E-state index in [1.165, 1.54) is 12.1 Å². The molecule has 168 valence electrons. The average molecular weight is 445 g/mol. The summed E-state index contributed by atoms with van der Waals surface area (Å²) in [5.74, 6) is -0.319. The average Bonchev–Trinajstić information content (AvgIpc) is 2.67. The summed E-state index contributed by atoms with van der Waals surface area (Å²) in [5, 5.41) is 5.42. The lowest BCUT2D eigenvalue weighted by Gasteiger charge is -2.34. The van der Waals surface area contributed by atoms with Gasteiger partial charge in [-0.1, -0.05) is 27.7 Å². The van der Waals surface area contributed by atoms with Crippen LogP contribution in [0.4, 0.5) is 10.1 Å². The Balaban J connectivity index is 2.38. The molecule has 0 aliphatic carbocycles. The second-order valence-corrected chi connectivity index (χ2v) is 10.5. The van der Waals surface area contributed by atoms with Gasteiger partial charge < -0.3 is 11.5 Å². The molecule has 6 N–H and O–H groups in total. The predicted octanol–water partition coefficient (Wildman–Crippen LogP) is 4.56. The molecule has 0 fully saturated rings. The van der Waals surface area contributed by atoms with Crippen LogP contribution in [-0.4, -0.2) is 16.5 Å². The molecule has 0 aliphatic rings. The van der Waals surface area contributed by atoms with Gasteiger partial charge in [0.15, 0.2) is 0 Å². The van der Waals surface area contributed by atoms with Crippen LogP contribution in [0.3, 0.4) is 0 Å². The Kier molecular flexibility index (Phi) is 8.28. The first-order chi connectivity index (χ1) is 14.4. The van der Waals surface area contributed by atoms with Crippen LogP contribution in [0.25, 0.3) is 0 Å². The van der Waals surface area contributed by atoms with Gasteiger partial charge >= 0.3 is 0 Å². The van der Waals surface area contributed by atoms with E-state index in [1.807, 2.05) is 6.08 Å². The molecule has 5 nitrogen and oxygen atoms in total. The van der Waals surface area contributed by atoms with Crippen LogP contribution in [0.2, 0.25) is 0 Å². The summed E-state index contributed by atoms with van der Waals surface area (Å²) in [6.45, 7) is 9.25. The van der Waals surface area contributed by atoms with Crippen molar-refractivity contribution in [2.45, 2.75) is 45.4 Å². The maximum absolute atomic E-state index is 13.4. The Morgan fingerprint density at radius 1 is 1.03 bits per heavy atom. The van der Waals surface area contributed by atoms with Crippen LogP contribution >= 0.6 is 0 Å². The van der Waals surface area contributed by atoms with Gasteiger partial charge in [-0.15, -0.1) is 0 Å². The molecule has 2 aromatic carbocycles. The van der Waals surface area contributed by atoms with Crippen LogP contribution in [0.5, 0.6) is 0 Å². The van der Waals surface area contributed by atoms with Gasteiger partial charge in [-0.25, -0.2) is 18.7 Å². The molecule has 2 rings (SSSR count). The van der Waals surface area contributed by atoms with Gasteiger partial charge in [0, 0.05) is 11.3 Å². The van der Waals surface area contributed by atoms with Gasteiger partial charge in [0.1, 0.15) is 16.8 Å². The van der Waals surface area contributed by atoms with Crippen molar-refractivity contribution in [1.82, 2.24) is 0 Å². The van der Waals surface area contributed by atoms with Crippen molar-refractivity contribution in [3.05, 3.63) is 71.7 Å². The van der Waals surface area contributed by atoms with Gasteiger partial charge in [0.05, 0.1) is 16.3 Å². The molecule has 0 aromatic heterocycles. The van der Waals surface area contributed by atoms with E-state index < -0.39 is 11.0 Å². The molecule has 0 heterocycles. The third-order valence-electron chi connectivity index (χ3n) is 4.97. The van der Waals surface area contributed by atoms with E-state index in [1.54, 1.807) is 36.4 Å². The van der Waals surface area contributed by atoms with Crippen LogP contribution in [0.1, 0.15) is 46.1 Å². The fraction of sp³-hybridized carbons (Fsp3) is 0.375. The van der Waals surface area contributed by atoms with Gasteiger partial charge in [-0.3, -0.25) is 0 Å². The highest BCUT2D eigenvalue weighted by molar-refractivity contribution is 7.82. The highest BCUT2D eigenvalue weighted by atomic mass is 32.2. The topological polar surface area (TPSA) is 107 Å². The normalized spacial score (nSPS) is 14.5. The Labute approximate surface area is 187 Å². The van der Waals surface area contributed by atoms with Crippen LogP contribution in [-0.2, 0) is 11.0 Å². The summed E-state index contributed by atoms with van der Waals surface area (Å²) in [4.78, 5) is 5.21. The molecular formula is C24H33FN4OS. The number of allylic oxidation sites excluding steroid dienone is 2. The Bertz CT molecular complexity index is 964. The Hall–Kier alpha value is -2.35. The number of aliphatic imine (C=N–C) groups is 1. The van der Waals surface area contributed by atoms with Gasteiger partial charge in [0.2, 0.25) is 0 Å². The number of nitrogens with two attached hydrogens (primary N) is 3. The van der Waals surface area contributed by atoms with E-state index in [-0.39, 0.29) is 16.6 Å². The second-order valence-electron chi connectivity index (χ2n) is 9.40. The van der Waals surface area contributed by atoms with E-state index in [9.17, 15) is 8.60 Å². The molecule has 0 radical (unpaired) electrons. The van der Waals surface area contributed by atoms with Crippen LogP contribution in [0, 0.1) is 16.6 Å². The molecular weight excluding hydrogens is 411 g/mol. The summed E-state index contributed by atoms with van der Waals surface area (Å²) < 4.78 is 24.9. The highest BCUT2D eigenvalue weighted by Gasteiger charge is 2.28. The summed E-state index contributed by atoms with van der Waals surface area (Å²) in [7, 11) is -1.55. The van der Waals surface area contributed by atoms with Crippen molar-refractivity contribution < 1.29 is 8.60 Å². The minimum Gasteiger partial charge on any atom is -0.402 e. The van der Waals surface area contributed by atoms with Gasteiger partial charge in [-0.2, -0.15) is 0 Å². The van der Waals surface area contributed by atoms with Gasteiger partial charge in [0.25, 0.3) is 0 Å². The third-order valence-corrected chi connectivity index (χ3v) is 5.71. The van der Waals surface area contributed by atoms with E-state index in [2.05, 4.69) is 27.7 Å². The summed E-state index contributed by atoms with van der Waals surface area (Å²) in [6, 6.07) is 12.9. The van der Waals surface area contributed by atoms with Crippen molar-refractivity contribution >= 4 is 22.4 Å². The largest absolute Gasteiger partial charge is 0.402 e. The molecule has 2 aromatic rings. The maximum atomic E-state index is 13.4. The molecule has 1 atom stereocenters. The fourth-order valence-electron chi connectivity index (χ4n) is 3.80. The lowest BCUT2D eigenvalue weighted by Crippen LogP contribution is -2.31. The SMILES string of the molecule is CC(C)(CN)CC(C)(C)C/C(N)=C/C(=Nc1ccc(S(N)=O)cc1)c1ccc(F)cc1. The number of hydrogen-bond acceptors (Lipinski definition) is 4. The third kappa shape index (κ3) is 8.01. The zero-order valence-corrected chi connectivity index (χ0v) is 19.5. The quantitative estimate of drug-likeness (QED) is 0.493. The molecule has 0 aliphatic heterocycles. The minimum absolute atomic E-state index is 0.0163. The number of rotatable bonds is 9. The molecule has 0 bridgehead atoms. The first-order valence-electron chi connectivity index (χ1n) is 10.2. The van der Waals surface area contributed by atoms with Crippen molar-refractivity contribution in [2.24, 2.45) is 32.4 Å². The van der Waals surface area contributed by atoms with Gasteiger partial charge in [-0.05, 0) is 84.8 Å². The molecule has 1 unspecified atom stereocenters. The first kappa shape index (κ1) is 24.9. The van der Waals surface area contributed by atoms with Crippen molar-refractivity contribution in [3.8, 4) is 0 Å². The second kappa shape index (κ2) is 10.3. The first-order valence-corrected chi connectivity index (χ1v) is 11.4. The fourth-order valence-corrected chi connectivity index (χ4v) is 4.21. The summed E-state index contributed by atoms with van der Waals surface area (Å²) >= 11 is 0. The summed E-state index contributed by atoms with van der Waals surface area (Å²) in [5.41, 5.74) is 15.0. The zero-order valence-electron chi connectivity index (χ0n) is 18.7. The molecule has 0 saturated carbocycles. The predicted molar refractivity (Wildman–Crippen MR) is 128 cm³/mol. The Morgan fingerprint density at radius 2 is 1.61 bits per heavy atom. The number of halogens is 1. The van der Waals surface area contributed by atoms with Crippen molar-refractivity contribution in [1.29, 1.82) is 0 Å².